The molecule has 0 bridgehead atoms. The average Bonchev–Trinajstić information content (AvgIpc) is 2.68. The molecule has 0 saturated carbocycles. The third-order valence-electron chi connectivity index (χ3n) is 2.44. The molecule has 1 unspecified atom stereocenters. The maximum Gasteiger partial charge on any atom is 0.134 e. The topological polar surface area (TPSA) is 54.4 Å². The van der Waals surface area contributed by atoms with Crippen LogP contribution < -0.4 is 11.2 Å². The van der Waals surface area contributed by atoms with Gasteiger partial charge in [0, 0.05) is 26.0 Å². The Hall–Kier alpha value is -1.36. The van der Waals surface area contributed by atoms with Crippen LogP contribution >= 0.6 is 0 Å². The van der Waals surface area contributed by atoms with Gasteiger partial charge in [0.1, 0.15) is 11.3 Å². The summed E-state index contributed by atoms with van der Waals surface area (Å²) >= 11 is 0. The second-order valence-electron chi connectivity index (χ2n) is 4.00. The first-order valence-electron chi connectivity index (χ1n) is 5.32. The Kier molecular flexibility index (Phi) is 3.24. The van der Waals surface area contributed by atoms with E-state index in [2.05, 4.69) is 5.43 Å². The van der Waals surface area contributed by atoms with Crippen LogP contribution in [0.25, 0.3) is 11.0 Å². The highest BCUT2D eigenvalue weighted by molar-refractivity contribution is 5.77. The van der Waals surface area contributed by atoms with Gasteiger partial charge in [0.05, 0.1) is 6.04 Å². The van der Waals surface area contributed by atoms with Crippen LogP contribution in [0.15, 0.2) is 34.7 Å². The zero-order valence-electron chi connectivity index (χ0n) is 9.60. The Morgan fingerprint density at radius 2 is 2.12 bits per heavy atom. The number of nitrogens with one attached hydrogen (secondary N) is 1. The first-order chi connectivity index (χ1) is 7.70. The summed E-state index contributed by atoms with van der Waals surface area (Å²) in [6.07, 6.45) is 0. The van der Waals surface area contributed by atoms with E-state index in [9.17, 15) is 0 Å². The molecule has 1 aromatic heterocycles. The largest absolute Gasteiger partial charge is 0.459 e. The Morgan fingerprint density at radius 1 is 1.38 bits per heavy atom. The fourth-order valence-corrected chi connectivity index (χ4v) is 1.72. The van der Waals surface area contributed by atoms with Crippen molar-refractivity contribution in [3.05, 3.63) is 36.1 Å². The fourth-order valence-electron chi connectivity index (χ4n) is 1.72. The first kappa shape index (κ1) is 11.1. The number of para-hydroxylation sites is 1. The number of hydrazine groups is 1. The van der Waals surface area contributed by atoms with Crippen LogP contribution in [-0.2, 0) is 0 Å². The number of nitrogens with zero attached hydrogens (tertiary/aromatic N) is 1. The SMILES string of the molecule is CN(C)NC(CN)c1cc2ccccc2o1. The van der Waals surface area contributed by atoms with Crippen molar-refractivity contribution >= 4 is 11.0 Å². The third-order valence-corrected chi connectivity index (χ3v) is 2.44. The second-order valence-corrected chi connectivity index (χ2v) is 4.00. The highest BCUT2D eigenvalue weighted by atomic mass is 16.3. The molecule has 4 nitrogen and oxygen atoms in total. The van der Waals surface area contributed by atoms with Crippen LogP contribution in [0.1, 0.15) is 11.8 Å². The molecule has 0 saturated heterocycles. The van der Waals surface area contributed by atoms with Gasteiger partial charge in [0.25, 0.3) is 0 Å². The molecule has 0 radical (unpaired) electrons. The minimum atomic E-state index is 0.0161. The second kappa shape index (κ2) is 4.65. The Labute approximate surface area is 95.0 Å². The lowest BCUT2D eigenvalue weighted by Gasteiger charge is -2.19. The van der Waals surface area contributed by atoms with Gasteiger partial charge in [-0.3, -0.25) is 0 Å². The van der Waals surface area contributed by atoms with Crippen molar-refractivity contribution in [1.82, 2.24) is 10.4 Å². The van der Waals surface area contributed by atoms with Gasteiger partial charge in [-0.05, 0) is 12.1 Å². The summed E-state index contributed by atoms with van der Waals surface area (Å²) in [4.78, 5) is 0. The highest BCUT2D eigenvalue weighted by Crippen LogP contribution is 2.23. The van der Waals surface area contributed by atoms with Crippen LogP contribution in [0.3, 0.4) is 0 Å². The van der Waals surface area contributed by atoms with Crippen LogP contribution in [0.4, 0.5) is 0 Å². The smallest absolute Gasteiger partial charge is 0.134 e. The van der Waals surface area contributed by atoms with Crippen molar-refractivity contribution in [2.24, 2.45) is 5.73 Å². The molecule has 0 fully saturated rings. The average molecular weight is 219 g/mol. The van der Waals surface area contributed by atoms with Gasteiger partial charge in [0.15, 0.2) is 0 Å². The fraction of sp³-hybridized carbons (Fsp3) is 0.333. The zero-order valence-corrected chi connectivity index (χ0v) is 9.60. The Bertz CT molecular complexity index is 431. The van der Waals surface area contributed by atoms with Gasteiger partial charge in [-0.2, -0.15) is 0 Å². The van der Waals surface area contributed by atoms with Crippen molar-refractivity contribution in [2.45, 2.75) is 6.04 Å². The van der Waals surface area contributed by atoms with Gasteiger partial charge < -0.3 is 10.2 Å². The van der Waals surface area contributed by atoms with E-state index in [4.69, 9.17) is 10.2 Å². The van der Waals surface area contributed by atoms with Gasteiger partial charge in [-0.15, -0.1) is 0 Å². The Balaban J connectivity index is 2.30. The standard InChI is InChI=1S/C12H17N3O/c1-15(2)14-10(8-13)12-7-9-5-3-4-6-11(9)16-12/h3-7,10,14H,8,13H2,1-2H3. The summed E-state index contributed by atoms with van der Waals surface area (Å²) in [7, 11) is 3.87. The zero-order chi connectivity index (χ0) is 11.5. The molecule has 0 aliphatic carbocycles. The van der Waals surface area contributed by atoms with E-state index in [0.717, 1.165) is 16.7 Å². The molecule has 1 aromatic carbocycles. The number of fused-ring (bicyclic) bond motifs is 1. The van der Waals surface area contributed by atoms with E-state index in [1.165, 1.54) is 0 Å². The van der Waals surface area contributed by atoms with Crippen LogP contribution in [-0.4, -0.2) is 25.6 Å². The minimum absolute atomic E-state index is 0.0161. The quantitative estimate of drug-likeness (QED) is 0.765. The lowest BCUT2D eigenvalue weighted by atomic mass is 10.2. The number of furan rings is 1. The van der Waals surface area contributed by atoms with Crippen molar-refractivity contribution in [3.8, 4) is 0 Å². The van der Waals surface area contributed by atoms with E-state index in [1.54, 1.807) is 0 Å². The van der Waals surface area contributed by atoms with Gasteiger partial charge in [-0.25, -0.2) is 10.4 Å². The van der Waals surface area contributed by atoms with Crippen molar-refractivity contribution in [3.63, 3.8) is 0 Å². The van der Waals surface area contributed by atoms with Crippen molar-refractivity contribution in [1.29, 1.82) is 0 Å². The van der Waals surface area contributed by atoms with E-state index in [0.29, 0.717) is 6.54 Å². The molecule has 2 rings (SSSR count). The van der Waals surface area contributed by atoms with Crippen LogP contribution in [0.2, 0.25) is 0 Å². The number of hydrogen-bond donors (Lipinski definition) is 2. The lowest BCUT2D eigenvalue weighted by molar-refractivity contribution is 0.229. The van der Waals surface area contributed by atoms with E-state index < -0.39 is 0 Å². The Morgan fingerprint density at radius 3 is 2.75 bits per heavy atom. The summed E-state index contributed by atoms with van der Waals surface area (Å²) < 4.78 is 5.75. The molecular weight excluding hydrogens is 202 g/mol. The van der Waals surface area contributed by atoms with Crippen molar-refractivity contribution < 1.29 is 4.42 Å². The minimum Gasteiger partial charge on any atom is -0.459 e. The summed E-state index contributed by atoms with van der Waals surface area (Å²) in [5.74, 6) is 0.873. The monoisotopic (exact) mass is 219 g/mol. The van der Waals surface area contributed by atoms with Crippen LogP contribution in [0, 0.1) is 0 Å². The molecule has 2 aromatic rings. The van der Waals surface area contributed by atoms with Crippen molar-refractivity contribution in [2.75, 3.05) is 20.6 Å². The maximum atomic E-state index is 5.75. The number of benzene rings is 1. The summed E-state index contributed by atoms with van der Waals surface area (Å²) in [6, 6.07) is 10.0. The molecular formula is C12H17N3O. The summed E-state index contributed by atoms with van der Waals surface area (Å²) in [5.41, 5.74) is 9.85. The molecule has 1 atom stereocenters. The number of rotatable bonds is 4. The third kappa shape index (κ3) is 2.24. The molecule has 16 heavy (non-hydrogen) atoms. The van der Waals surface area contributed by atoms with Gasteiger partial charge in [0.2, 0.25) is 0 Å². The molecule has 4 heteroatoms. The van der Waals surface area contributed by atoms with Gasteiger partial charge >= 0.3 is 0 Å². The first-order valence-corrected chi connectivity index (χ1v) is 5.32. The normalized spacial score (nSPS) is 13.5. The molecule has 0 amide bonds. The molecule has 3 N–H and O–H groups in total. The predicted molar refractivity (Wildman–Crippen MR) is 64.8 cm³/mol. The predicted octanol–water partition coefficient (Wildman–Crippen LogP) is 1.50. The maximum absolute atomic E-state index is 5.75. The summed E-state index contributed by atoms with van der Waals surface area (Å²) in [5, 5.41) is 2.99. The summed E-state index contributed by atoms with van der Waals surface area (Å²) in [6.45, 7) is 0.498. The van der Waals surface area contributed by atoms with Crippen LogP contribution in [0.5, 0.6) is 0 Å². The molecule has 0 aliphatic heterocycles. The lowest BCUT2D eigenvalue weighted by Crippen LogP contribution is -2.37. The molecule has 86 valence electrons. The number of nitrogens with two attached hydrogens (primary N) is 1. The molecule has 0 spiro atoms. The molecule has 1 heterocycles. The van der Waals surface area contributed by atoms with Gasteiger partial charge in [-0.1, -0.05) is 18.2 Å². The molecule has 0 aliphatic rings. The van der Waals surface area contributed by atoms with E-state index >= 15 is 0 Å². The van der Waals surface area contributed by atoms with E-state index in [1.807, 2.05) is 49.4 Å². The van der Waals surface area contributed by atoms with E-state index in [-0.39, 0.29) is 6.04 Å². The highest BCUT2D eigenvalue weighted by Gasteiger charge is 2.14. The number of hydrogen-bond acceptors (Lipinski definition) is 4.